The molecule has 0 spiro atoms. The second kappa shape index (κ2) is 2.99. The van der Waals surface area contributed by atoms with Crippen LogP contribution in [0.5, 0.6) is 0 Å². The number of allylic oxidation sites excluding steroid dienone is 2. The summed E-state index contributed by atoms with van der Waals surface area (Å²) in [4.78, 5) is 11.7. The maximum absolute atomic E-state index is 11.7. The third kappa shape index (κ3) is 1.29. The first-order chi connectivity index (χ1) is 6.27. The highest BCUT2D eigenvalue weighted by atomic mass is 16.1. The van der Waals surface area contributed by atoms with Gasteiger partial charge in [0.2, 0.25) is 0 Å². The molecule has 2 aliphatic rings. The Kier molecular flexibility index (Phi) is 1.95. The molecule has 2 aliphatic carbocycles. The normalized spacial score (nSPS) is 36.7. The lowest BCUT2D eigenvalue weighted by Gasteiger charge is -2.22. The number of carbonyl (C=O) groups is 1. The average Bonchev–Trinajstić information content (AvgIpc) is 2.74. The molecule has 0 radical (unpaired) electrons. The van der Waals surface area contributed by atoms with Crippen LogP contribution < -0.4 is 0 Å². The van der Waals surface area contributed by atoms with Crippen LogP contribution in [0.1, 0.15) is 32.1 Å². The monoisotopic (exact) mass is 175 g/mol. The number of carbonyl (C=O) groups excluding carboxylic acids is 1. The summed E-state index contributed by atoms with van der Waals surface area (Å²) in [6.45, 7) is 0. The number of rotatable bonds is 2. The van der Waals surface area contributed by atoms with Gasteiger partial charge in [-0.2, -0.15) is 5.26 Å². The maximum atomic E-state index is 11.7. The SMILES string of the molecule is N#C/C=C/C(=O)C12CCC(CC1)C2. The molecule has 2 nitrogen and oxygen atoms in total. The van der Waals surface area contributed by atoms with E-state index in [1.807, 2.05) is 6.07 Å². The lowest BCUT2D eigenvalue weighted by atomic mass is 9.80. The molecule has 2 heteroatoms. The molecule has 2 rings (SSSR count). The van der Waals surface area contributed by atoms with E-state index in [1.165, 1.54) is 25.0 Å². The quantitative estimate of drug-likeness (QED) is 0.477. The fourth-order valence-electron chi connectivity index (χ4n) is 2.83. The molecule has 0 aromatic carbocycles. The van der Waals surface area contributed by atoms with Crippen molar-refractivity contribution in [1.29, 1.82) is 5.26 Å². The third-order valence-corrected chi connectivity index (χ3v) is 3.57. The van der Waals surface area contributed by atoms with Gasteiger partial charge in [0, 0.05) is 11.5 Å². The Morgan fingerprint density at radius 3 is 2.62 bits per heavy atom. The van der Waals surface area contributed by atoms with Crippen LogP contribution in [0.25, 0.3) is 0 Å². The van der Waals surface area contributed by atoms with Crippen LogP contribution in [0.3, 0.4) is 0 Å². The molecule has 0 heterocycles. The van der Waals surface area contributed by atoms with Crippen LogP contribution in [0, 0.1) is 22.7 Å². The summed E-state index contributed by atoms with van der Waals surface area (Å²) in [5.41, 5.74) is -0.0575. The third-order valence-electron chi connectivity index (χ3n) is 3.57. The van der Waals surface area contributed by atoms with E-state index in [2.05, 4.69) is 0 Å². The van der Waals surface area contributed by atoms with Gasteiger partial charge in [-0.25, -0.2) is 0 Å². The Bertz CT molecular complexity index is 290. The molecule has 0 saturated heterocycles. The Hall–Kier alpha value is -1.10. The van der Waals surface area contributed by atoms with Crippen LogP contribution in [0.2, 0.25) is 0 Å². The zero-order valence-corrected chi connectivity index (χ0v) is 7.62. The van der Waals surface area contributed by atoms with Crippen molar-refractivity contribution in [3.63, 3.8) is 0 Å². The lowest BCUT2D eigenvalue weighted by molar-refractivity contribution is -0.123. The van der Waals surface area contributed by atoms with Gasteiger partial charge in [0.25, 0.3) is 0 Å². The first kappa shape index (κ1) is 8.50. The van der Waals surface area contributed by atoms with Crippen LogP contribution in [0.4, 0.5) is 0 Å². The Balaban J connectivity index is 2.12. The largest absolute Gasteiger partial charge is 0.294 e. The molecule has 0 atom stereocenters. The van der Waals surface area contributed by atoms with E-state index < -0.39 is 0 Å². The highest BCUT2D eigenvalue weighted by Gasteiger charge is 2.48. The van der Waals surface area contributed by atoms with E-state index in [-0.39, 0.29) is 11.2 Å². The van der Waals surface area contributed by atoms with Crippen molar-refractivity contribution in [3.8, 4) is 6.07 Å². The summed E-state index contributed by atoms with van der Waals surface area (Å²) < 4.78 is 0. The highest BCUT2D eigenvalue weighted by molar-refractivity contribution is 5.95. The van der Waals surface area contributed by atoms with Gasteiger partial charge in [0.05, 0.1) is 6.07 Å². The van der Waals surface area contributed by atoms with E-state index >= 15 is 0 Å². The predicted molar refractivity (Wildman–Crippen MR) is 48.8 cm³/mol. The zero-order valence-electron chi connectivity index (χ0n) is 7.62. The zero-order chi connectivity index (χ0) is 9.31. The van der Waals surface area contributed by atoms with Crippen molar-refractivity contribution in [2.75, 3.05) is 0 Å². The smallest absolute Gasteiger partial charge is 0.162 e. The first-order valence-electron chi connectivity index (χ1n) is 4.87. The lowest BCUT2D eigenvalue weighted by Crippen LogP contribution is -2.24. The Labute approximate surface area is 78.2 Å². The fraction of sp³-hybridized carbons (Fsp3) is 0.636. The number of nitrogens with zero attached hydrogens (tertiary/aromatic N) is 1. The number of nitriles is 1. The highest BCUT2D eigenvalue weighted by Crippen LogP contribution is 2.54. The van der Waals surface area contributed by atoms with E-state index in [9.17, 15) is 4.79 Å². The topological polar surface area (TPSA) is 40.9 Å². The van der Waals surface area contributed by atoms with Crippen molar-refractivity contribution >= 4 is 5.78 Å². The van der Waals surface area contributed by atoms with Crippen molar-refractivity contribution in [2.24, 2.45) is 11.3 Å². The molecule has 0 amide bonds. The van der Waals surface area contributed by atoms with E-state index in [0.29, 0.717) is 0 Å². The Morgan fingerprint density at radius 1 is 1.46 bits per heavy atom. The molecule has 0 aliphatic heterocycles. The Morgan fingerprint density at radius 2 is 2.15 bits per heavy atom. The molecule has 0 N–H and O–H groups in total. The molecule has 0 aromatic heterocycles. The summed E-state index contributed by atoms with van der Waals surface area (Å²) in [6, 6.07) is 1.88. The van der Waals surface area contributed by atoms with Gasteiger partial charge < -0.3 is 0 Å². The van der Waals surface area contributed by atoms with Crippen LogP contribution in [-0.4, -0.2) is 5.78 Å². The second-order valence-corrected chi connectivity index (χ2v) is 4.25. The van der Waals surface area contributed by atoms with Gasteiger partial charge in [0.1, 0.15) is 0 Å². The summed E-state index contributed by atoms with van der Waals surface area (Å²) >= 11 is 0. The average molecular weight is 175 g/mol. The summed E-state index contributed by atoms with van der Waals surface area (Å²) in [5, 5.41) is 8.34. The van der Waals surface area contributed by atoms with Gasteiger partial charge in [-0.1, -0.05) is 0 Å². The number of hydrogen-bond donors (Lipinski definition) is 0. The minimum Gasteiger partial charge on any atom is -0.294 e. The number of hydrogen-bond acceptors (Lipinski definition) is 2. The van der Waals surface area contributed by atoms with Gasteiger partial charge in [-0.05, 0) is 44.1 Å². The molecular weight excluding hydrogens is 162 g/mol. The number of fused-ring (bicyclic) bond motifs is 2. The van der Waals surface area contributed by atoms with Crippen molar-refractivity contribution < 1.29 is 4.79 Å². The van der Waals surface area contributed by atoms with Crippen LogP contribution >= 0.6 is 0 Å². The van der Waals surface area contributed by atoms with E-state index in [1.54, 1.807) is 0 Å². The van der Waals surface area contributed by atoms with Gasteiger partial charge in [-0.3, -0.25) is 4.79 Å². The summed E-state index contributed by atoms with van der Waals surface area (Å²) in [6.07, 6.45) is 8.37. The van der Waals surface area contributed by atoms with Gasteiger partial charge in [0.15, 0.2) is 5.78 Å². The molecule has 2 fully saturated rings. The molecule has 0 aromatic rings. The molecule has 13 heavy (non-hydrogen) atoms. The van der Waals surface area contributed by atoms with Crippen molar-refractivity contribution in [1.82, 2.24) is 0 Å². The predicted octanol–water partition coefficient (Wildman–Crippen LogP) is 2.22. The maximum Gasteiger partial charge on any atom is 0.162 e. The molecule has 2 saturated carbocycles. The summed E-state index contributed by atoms with van der Waals surface area (Å²) in [5.74, 6) is 0.980. The van der Waals surface area contributed by atoms with E-state index in [4.69, 9.17) is 5.26 Å². The molecule has 68 valence electrons. The first-order valence-corrected chi connectivity index (χ1v) is 4.87. The molecule has 2 bridgehead atoms. The number of ketones is 1. The van der Waals surface area contributed by atoms with Crippen LogP contribution in [0.15, 0.2) is 12.2 Å². The van der Waals surface area contributed by atoms with Crippen molar-refractivity contribution in [2.45, 2.75) is 32.1 Å². The standard InChI is InChI=1S/C11H13NO/c12-7-1-2-10(13)11-5-3-9(8-11)4-6-11/h1-2,9H,3-6,8H2/b2-1+. The van der Waals surface area contributed by atoms with E-state index in [0.717, 1.165) is 25.2 Å². The minimum absolute atomic E-state index is 0.0575. The second-order valence-electron chi connectivity index (χ2n) is 4.25. The van der Waals surface area contributed by atoms with Gasteiger partial charge in [-0.15, -0.1) is 0 Å². The van der Waals surface area contributed by atoms with Gasteiger partial charge >= 0.3 is 0 Å². The molecule has 0 unspecified atom stereocenters. The minimum atomic E-state index is -0.0575. The van der Waals surface area contributed by atoms with Crippen molar-refractivity contribution in [3.05, 3.63) is 12.2 Å². The molecular formula is C11H13NO. The fourth-order valence-corrected chi connectivity index (χ4v) is 2.83. The summed E-state index contributed by atoms with van der Waals surface area (Å²) in [7, 11) is 0. The van der Waals surface area contributed by atoms with Crippen LogP contribution in [-0.2, 0) is 4.79 Å².